The Balaban J connectivity index is 1.78. The predicted molar refractivity (Wildman–Crippen MR) is 95.3 cm³/mol. The average molecular weight is 378 g/mol. The number of hydrogen-bond acceptors (Lipinski definition) is 5. The molecule has 4 aliphatic carbocycles. The van der Waals surface area contributed by atoms with Crippen LogP contribution in [0.1, 0.15) is 39.5 Å². The third-order valence-corrected chi connectivity index (χ3v) is 8.15. The smallest absolute Gasteiger partial charge is 0.190 e. The number of Topliss-reactive ketones (excluding diaryl/α,β-unsaturated/α-hetero) is 1. The predicted octanol–water partition coefficient (Wildman–Crippen LogP) is 1.51. The second kappa shape index (κ2) is 5.82. The molecule has 3 saturated carbocycles. The van der Waals surface area contributed by atoms with E-state index in [2.05, 4.69) is 0 Å². The molecule has 0 heterocycles. The van der Waals surface area contributed by atoms with Crippen LogP contribution in [0.25, 0.3) is 0 Å². The fourth-order valence-corrected chi connectivity index (χ4v) is 6.72. The Hall–Kier alpha value is -1.37. The van der Waals surface area contributed by atoms with Crippen LogP contribution >= 0.6 is 0 Å². The van der Waals surface area contributed by atoms with Crippen LogP contribution in [0.5, 0.6) is 0 Å². The van der Waals surface area contributed by atoms with E-state index in [1.165, 1.54) is 12.2 Å². The molecule has 0 bridgehead atoms. The van der Waals surface area contributed by atoms with Gasteiger partial charge in [0, 0.05) is 17.3 Å². The van der Waals surface area contributed by atoms with Gasteiger partial charge in [-0.1, -0.05) is 18.6 Å². The van der Waals surface area contributed by atoms with E-state index in [0.29, 0.717) is 24.8 Å². The van der Waals surface area contributed by atoms with Crippen LogP contribution in [-0.4, -0.2) is 50.9 Å². The Bertz CT molecular complexity index is 760. The summed E-state index contributed by atoms with van der Waals surface area (Å²) in [6, 6.07) is 0. The van der Waals surface area contributed by atoms with E-state index < -0.39 is 52.9 Å². The molecule has 3 fully saturated rings. The van der Waals surface area contributed by atoms with Gasteiger partial charge in [-0.15, -0.1) is 0 Å². The van der Waals surface area contributed by atoms with Gasteiger partial charge in [-0.3, -0.25) is 9.59 Å². The molecule has 8 unspecified atom stereocenters. The summed E-state index contributed by atoms with van der Waals surface area (Å²) in [6.45, 7) is 2.73. The second-order valence-electron chi connectivity index (χ2n) is 9.09. The van der Waals surface area contributed by atoms with Crippen LogP contribution in [0.2, 0.25) is 0 Å². The largest absolute Gasteiger partial charge is 0.390 e. The van der Waals surface area contributed by atoms with Crippen molar-refractivity contribution >= 4 is 11.6 Å². The number of aliphatic hydroxyl groups excluding tert-OH is 2. The van der Waals surface area contributed by atoms with Crippen LogP contribution in [0.4, 0.5) is 4.39 Å². The number of rotatable bonds is 2. The molecular weight excluding hydrogens is 351 g/mol. The van der Waals surface area contributed by atoms with Crippen LogP contribution in [0.15, 0.2) is 23.8 Å². The van der Waals surface area contributed by atoms with Crippen molar-refractivity contribution in [2.24, 2.45) is 29.1 Å². The number of aliphatic hydroxyl groups is 3. The van der Waals surface area contributed by atoms with E-state index in [0.717, 1.165) is 0 Å². The standard InChI is InChI=1S/C21H27FO5/c1-11-7-14-15-4-3-12-8-13(24)5-6-19(12,2)21(15,22)17(25)9-16(14)20(11,27)18(26)10-23/h5-6,8,11,14-17,23,25,27H,3-4,7,9-10H2,1-2H3. The third kappa shape index (κ3) is 2.15. The maximum atomic E-state index is 16.7. The van der Waals surface area contributed by atoms with Crippen LogP contribution in [0, 0.1) is 29.1 Å². The molecule has 0 aliphatic heterocycles. The summed E-state index contributed by atoms with van der Waals surface area (Å²) < 4.78 is 16.7. The van der Waals surface area contributed by atoms with Gasteiger partial charge in [0.25, 0.3) is 0 Å². The molecule has 0 amide bonds. The lowest BCUT2D eigenvalue weighted by molar-refractivity contribution is -0.191. The number of halogens is 1. The molecule has 5 nitrogen and oxygen atoms in total. The van der Waals surface area contributed by atoms with Crippen molar-refractivity contribution in [3.05, 3.63) is 23.8 Å². The summed E-state index contributed by atoms with van der Waals surface area (Å²) in [5, 5.41) is 31.4. The lowest BCUT2D eigenvalue weighted by atomic mass is 9.48. The molecule has 4 rings (SSSR count). The van der Waals surface area contributed by atoms with Crippen molar-refractivity contribution in [2.45, 2.75) is 56.9 Å². The number of allylic oxidation sites excluding steroid dienone is 4. The summed E-state index contributed by atoms with van der Waals surface area (Å²) >= 11 is 0. The monoisotopic (exact) mass is 378 g/mol. The molecule has 0 aromatic carbocycles. The molecule has 0 radical (unpaired) electrons. The van der Waals surface area contributed by atoms with Crippen LogP contribution < -0.4 is 0 Å². The highest BCUT2D eigenvalue weighted by atomic mass is 19.1. The minimum absolute atomic E-state index is 0.0328. The van der Waals surface area contributed by atoms with E-state index in [1.807, 2.05) is 0 Å². The number of carbonyl (C=O) groups is 2. The van der Waals surface area contributed by atoms with Gasteiger partial charge in [0.15, 0.2) is 17.2 Å². The van der Waals surface area contributed by atoms with Gasteiger partial charge in [-0.2, -0.15) is 0 Å². The topological polar surface area (TPSA) is 94.8 Å². The number of hydrogen-bond donors (Lipinski definition) is 3. The second-order valence-corrected chi connectivity index (χ2v) is 9.09. The van der Waals surface area contributed by atoms with Crippen molar-refractivity contribution < 1.29 is 29.3 Å². The maximum absolute atomic E-state index is 16.7. The zero-order chi connectivity index (χ0) is 19.8. The summed E-state index contributed by atoms with van der Waals surface area (Å²) in [4.78, 5) is 24.1. The minimum Gasteiger partial charge on any atom is -0.390 e. The molecule has 0 aromatic rings. The lowest BCUT2D eigenvalue weighted by Gasteiger charge is -2.59. The fourth-order valence-electron chi connectivity index (χ4n) is 6.72. The zero-order valence-electron chi connectivity index (χ0n) is 15.7. The molecule has 4 aliphatic rings. The first-order chi connectivity index (χ1) is 12.6. The maximum Gasteiger partial charge on any atom is 0.190 e. The van der Waals surface area contributed by atoms with Gasteiger partial charge in [0.1, 0.15) is 12.2 Å². The highest BCUT2D eigenvalue weighted by Gasteiger charge is 2.71. The van der Waals surface area contributed by atoms with Crippen molar-refractivity contribution in [2.75, 3.05) is 6.61 Å². The molecule has 6 heteroatoms. The highest BCUT2D eigenvalue weighted by molar-refractivity contribution is 6.01. The average Bonchev–Trinajstić information content (AvgIpc) is 2.88. The number of alkyl halides is 1. The van der Waals surface area contributed by atoms with Crippen LogP contribution in [-0.2, 0) is 9.59 Å². The normalized spacial score (nSPS) is 51.3. The molecule has 8 atom stereocenters. The number of fused-ring (bicyclic) bond motifs is 5. The first-order valence-electron chi connectivity index (χ1n) is 9.78. The summed E-state index contributed by atoms with van der Waals surface area (Å²) in [6.07, 6.45) is 4.55. The Morgan fingerprint density at radius 1 is 1.33 bits per heavy atom. The molecule has 27 heavy (non-hydrogen) atoms. The van der Waals surface area contributed by atoms with E-state index in [-0.39, 0.29) is 18.1 Å². The van der Waals surface area contributed by atoms with E-state index in [4.69, 9.17) is 0 Å². The van der Waals surface area contributed by atoms with Crippen molar-refractivity contribution in [1.82, 2.24) is 0 Å². The quantitative estimate of drug-likeness (QED) is 0.677. The number of carbonyl (C=O) groups excluding carboxylic acids is 2. The molecule has 0 spiro atoms. The van der Waals surface area contributed by atoms with Crippen LogP contribution in [0.3, 0.4) is 0 Å². The SMILES string of the molecule is CC1CC2C(CC(O)C3(F)C2CCC2=CC(=O)C=CC23C)C1(O)C(=O)CO. The van der Waals surface area contributed by atoms with Crippen molar-refractivity contribution in [3.63, 3.8) is 0 Å². The van der Waals surface area contributed by atoms with Gasteiger partial charge in [0.2, 0.25) is 0 Å². The van der Waals surface area contributed by atoms with Gasteiger partial charge < -0.3 is 15.3 Å². The van der Waals surface area contributed by atoms with Crippen molar-refractivity contribution in [3.8, 4) is 0 Å². The summed E-state index contributed by atoms with van der Waals surface area (Å²) in [7, 11) is 0. The summed E-state index contributed by atoms with van der Waals surface area (Å²) in [5.74, 6) is -2.56. The van der Waals surface area contributed by atoms with Gasteiger partial charge in [-0.05, 0) is 56.6 Å². The van der Waals surface area contributed by atoms with Gasteiger partial charge in [-0.25, -0.2) is 4.39 Å². The highest BCUT2D eigenvalue weighted by Crippen LogP contribution is 2.66. The lowest BCUT2D eigenvalue weighted by Crippen LogP contribution is -2.66. The third-order valence-electron chi connectivity index (χ3n) is 8.15. The van der Waals surface area contributed by atoms with E-state index in [1.54, 1.807) is 19.9 Å². The summed E-state index contributed by atoms with van der Waals surface area (Å²) in [5.41, 5.74) is -4.04. The minimum atomic E-state index is -1.96. The van der Waals surface area contributed by atoms with E-state index >= 15 is 4.39 Å². The molecule has 148 valence electrons. The fraction of sp³-hybridized carbons (Fsp3) is 0.714. The molecule has 0 saturated heterocycles. The van der Waals surface area contributed by atoms with Gasteiger partial charge in [0.05, 0.1) is 6.10 Å². The van der Waals surface area contributed by atoms with E-state index in [9.17, 15) is 24.9 Å². The zero-order valence-corrected chi connectivity index (χ0v) is 15.7. The molecule has 3 N–H and O–H groups in total. The number of ketones is 2. The molecule has 0 aromatic heterocycles. The van der Waals surface area contributed by atoms with Gasteiger partial charge >= 0.3 is 0 Å². The Kier molecular flexibility index (Phi) is 4.09. The first-order valence-corrected chi connectivity index (χ1v) is 9.78. The van der Waals surface area contributed by atoms with Crippen molar-refractivity contribution in [1.29, 1.82) is 0 Å². The first kappa shape index (κ1) is 19.0. The Morgan fingerprint density at radius 2 is 2.04 bits per heavy atom. The molecular formula is C21H27FO5. The Labute approximate surface area is 158 Å². The Morgan fingerprint density at radius 3 is 2.70 bits per heavy atom.